The lowest BCUT2D eigenvalue weighted by Crippen LogP contribution is -2.18. The minimum Gasteiger partial charge on any atom is -0.497 e. The molecule has 0 amide bonds. The van der Waals surface area contributed by atoms with E-state index in [4.69, 9.17) is 9.47 Å². The number of ether oxygens (including phenoxy) is 2. The van der Waals surface area contributed by atoms with Gasteiger partial charge in [0.15, 0.2) is 0 Å². The first kappa shape index (κ1) is 27.7. The van der Waals surface area contributed by atoms with E-state index in [2.05, 4.69) is 38.1 Å². The normalized spacial score (nSPS) is 11.6. The summed E-state index contributed by atoms with van der Waals surface area (Å²) in [4.78, 5) is 0. The van der Waals surface area contributed by atoms with E-state index in [1.54, 1.807) is 7.11 Å². The van der Waals surface area contributed by atoms with Crippen molar-refractivity contribution in [3.05, 3.63) is 125 Å². The Bertz CT molecular complexity index is 1170. The largest absolute Gasteiger partial charge is 0.497 e. The first-order valence-corrected chi connectivity index (χ1v) is 11.1. The second-order valence-corrected chi connectivity index (χ2v) is 8.86. The number of benzene rings is 4. The van der Waals surface area contributed by atoms with Crippen LogP contribution < -0.4 is 9.47 Å². The van der Waals surface area contributed by atoms with Crippen molar-refractivity contribution in [3.8, 4) is 17.2 Å². The summed E-state index contributed by atoms with van der Waals surface area (Å²) in [6, 6.07) is 31.9. The maximum absolute atomic E-state index is 10.6. The van der Waals surface area contributed by atoms with Crippen molar-refractivity contribution in [2.24, 2.45) is 0 Å². The molecule has 4 aromatic rings. The number of aliphatic hydroxyl groups is 1. The van der Waals surface area contributed by atoms with E-state index in [0.29, 0.717) is 0 Å². The van der Waals surface area contributed by atoms with E-state index in [9.17, 15) is 5.11 Å². The van der Waals surface area contributed by atoms with Gasteiger partial charge in [-0.25, -0.2) is 0 Å². The molecular formula is C32H38O3. The van der Waals surface area contributed by atoms with Crippen LogP contribution in [0.2, 0.25) is 0 Å². The average molecular weight is 471 g/mol. The molecular weight excluding hydrogens is 432 g/mol. The van der Waals surface area contributed by atoms with Crippen LogP contribution in [0, 0.1) is 6.92 Å². The van der Waals surface area contributed by atoms with Crippen LogP contribution in [0.3, 0.4) is 0 Å². The lowest BCUT2D eigenvalue weighted by molar-refractivity contribution is 0.220. The zero-order chi connectivity index (χ0) is 23.4. The highest BCUT2D eigenvalue weighted by atomic mass is 16.5. The summed E-state index contributed by atoms with van der Waals surface area (Å²) in [5, 5.41) is 10.6. The molecule has 0 saturated carbocycles. The van der Waals surface area contributed by atoms with Gasteiger partial charge in [-0.3, -0.25) is 0 Å². The molecule has 1 unspecified atom stereocenters. The predicted octanol–water partition coefficient (Wildman–Crippen LogP) is 8.48. The fourth-order valence-corrected chi connectivity index (χ4v) is 3.91. The molecule has 0 bridgehead atoms. The molecule has 4 rings (SSSR count). The zero-order valence-electron chi connectivity index (χ0n) is 19.6. The Morgan fingerprint density at radius 2 is 0.971 bits per heavy atom. The molecule has 0 aliphatic carbocycles. The summed E-state index contributed by atoms with van der Waals surface area (Å²) >= 11 is 0. The Morgan fingerprint density at radius 1 is 0.600 bits per heavy atom. The van der Waals surface area contributed by atoms with E-state index in [-0.39, 0.29) is 20.3 Å². The first-order valence-electron chi connectivity index (χ1n) is 11.1. The van der Waals surface area contributed by atoms with Crippen LogP contribution in [0.15, 0.2) is 97.1 Å². The van der Waals surface area contributed by atoms with Gasteiger partial charge in [0, 0.05) is 5.41 Å². The molecule has 4 aromatic carbocycles. The Morgan fingerprint density at radius 3 is 1.40 bits per heavy atom. The van der Waals surface area contributed by atoms with Gasteiger partial charge in [0.05, 0.1) is 7.11 Å². The number of aryl methyl sites for hydroxylation is 1. The summed E-state index contributed by atoms with van der Waals surface area (Å²) in [7, 11) is 1.68. The first-order chi connectivity index (χ1) is 15.9. The van der Waals surface area contributed by atoms with Gasteiger partial charge < -0.3 is 14.6 Å². The molecule has 184 valence electrons. The van der Waals surface area contributed by atoms with Crippen molar-refractivity contribution in [1.82, 2.24) is 0 Å². The second kappa shape index (κ2) is 11.7. The average Bonchev–Trinajstić information content (AvgIpc) is 2.85. The maximum Gasteiger partial charge on any atom is 0.127 e. The monoisotopic (exact) mass is 470 g/mol. The Labute approximate surface area is 211 Å². The molecule has 0 spiro atoms. The predicted molar refractivity (Wildman–Crippen MR) is 147 cm³/mol. The summed E-state index contributed by atoms with van der Waals surface area (Å²) in [6.45, 7) is 6.46. The molecule has 0 aliphatic rings. The molecule has 0 fully saturated rings. The van der Waals surface area contributed by atoms with E-state index >= 15 is 0 Å². The SMILES string of the molecule is C.C.COc1ccc(C(C)(C)c2ccc(Oc3ccc(C(O)c4ccc(C)cc4)cc3)cc2)cc1. The number of hydrogen-bond acceptors (Lipinski definition) is 3. The minimum atomic E-state index is -0.654. The molecule has 1 atom stereocenters. The Hall–Kier alpha value is -3.56. The van der Waals surface area contributed by atoms with Gasteiger partial charge in [-0.2, -0.15) is 0 Å². The zero-order valence-corrected chi connectivity index (χ0v) is 19.6. The Balaban J connectivity index is 0.00000216. The maximum atomic E-state index is 10.6. The number of methoxy groups -OCH3 is 1. The van der Waals surface area contributed by atoms with Crippen molar-refractivity contribution in [3.63, 3.8) is 0 Å². The summed E-state index contributed by atoms with van der Waals surface area (Å²) in [5.74, 6) is 2.36. The molecule has 0 heterocycles. The second-order valence-electron chi connectivity index (χ2n) is 8.86. The highest BCUT2D eigenvalue weighted by Crippen LogP contribution is 2.34. The molecule has 3 nitrogen and oxygen atoms in total. The third-order valence-electron chi connectivity index (χ3n) is 6.21. The summed E-state index contributed by atoms with van der Waals surface area (Å²) in [5.41, 5.74) is 5.18. The van der Waals surface area contributed by atoms with Crippen LogP contribution in [0.25, 0.3) is 0 Å². The molecule has 0 aromatic heterocycles. The highest BCUT2D eigenvalue weighted by Gasteiger charge is 2.23. The topological polar surface area (TPSA) is 38.7 Å². The molecule has 1 N–H and O–H groups in total. The highest BCUT2D eigenvalue weighted by molar-refractivity contribution is 5.43. The lowest BCUT2D eigenvalue weighted by Gasteiger charge is -2.26. The van der Waals surface area contributed by atoms with Crippen LogP contribution in [0.5, 0.6) is 17.2 Å². The van der Waals surface area contributed by atoms with Crippen molar-refractivity contribution >= 4 is 0 Å². The van der Waals surface area contributed by atoms with Crippen LogP contribution >= 0.6 is 0 Å². The van der Waals surface area contributed by atoms with Crippen molar-refractivity contribution in [1.29, 1.82) is 0 Å². The van der Waals surface area contributed by atoms with E-state index in [1.165, 1.54) is 16.7 Å². The van der Waals surface area contributed by atoms with Gasteiger partial charge in [0.2, 0.25) is 0 Å². The van der Waals surface area contributed by atoms with Crippen LogP contribution in [-0.2, 0) is 5.41 Å². The fraction of sp³-hybridized carbons (Fsp3) is 0.250. The standard InChI is InChI=1S/C30H30O3.2CH4/c1-21-5-7-22(8-6-21)29(31)23-9-15-27(16-10-23)33-28-19-13-25(14-20-28)30(2,3)24-11-17-26(32-4)18-12-24;;/h5-20,29,31H,1-4H3;2*1H4. The summed E-state index contributed by atoms with van der Waals surface area (Å²) in [6.07, 6.45) is -0.654. The molecule has 3 heteroatoms. The number of aliphatic hydroxyl groups excluding tert-OH is 1. The fourth-order valence-electron chi connectivity index (χ4n) is 3.91. The third kappa shape index (κ3) is 6.32. The minimum absolute atomic E-state index is 0. The molecule has 0 saturated heterocycles. The van der Waals surface area contributed by atoms with E-state index < -0.39 is 6.10 Å². The van der Waals surface area contributed by atoms with Crippen molar-refractivity contribution < 1.29 is 14.6 Å². The number of rotatable bonds is 7. The van der Waals surface area contributed by atoms with Crippen LogP contribution in [-0.4, -0.2) is 12.2 Å². The van der Waals surface area contributed by atoms with Crippen LogP contribution in [0.1, 0.15) is 62.6 Å². The van der Waals surface area contributed by atoms with Gasteiger partial charge >= 0.3 is 0 Å². The van der Waals surface area contributed by atoms with Crippen molar-refractivity contribution in [2.75, 3.05) is 7.11 Å². The van der Waals surface area contributed by atoms with E-state index in [0.717, 1.165) is 28.4 Å². The molecule has 0 radical (unpaired) electrons. The molecule has 35 heavy (non-hydrogen) atoms. The molecule has 0 aliphatic heterocycles. The third-order valence-corrected chi connectivity index (χ3v) is 6.21. The van der Waals surface area contributed by atoms with Gasteiger partial charge in [0.25, 0.3) is 0 Å². The summed E-state index contributed by atoms with van der Waals surface area (Å²) < 4.78 is 11.3. The quantitative estimate of drug-likeness (QED) is 0.294. The van der Waals surface area contributed by atoms with Gasteiger partial charge in [0.1, 0.15) is 23.4 Å². The van der Waals surface area contributed by atoms with Gasteiger partial charge in [-0.1, -0.05) is 94.9 Å². The Kier molecular flexibility index (Phi) is 9.27. The van der Waals surface area contributed by atoms with Crippen molar-refractivity contribution in [2.45, 2.75) is 47.1 Å². The van der Waals surface area contributed by atoms with E-state index in [1.807, 2.05) is 79.7 Å². The van der Waals surface area contributed by atoms with Gasteiger partial charge in [-0.05, 0) is 65.6 Å². The van der Waals surface area contributed by atoms with Crippen LogP contribution in [0.4, 0.5) is 0 Å². The number of hydrogen-bond donors (Lipinski definition) is 1. The lowest BCUT2D eigenvalue weighted by atomic mass is 9.78. The smallest absolute Gasteiger partial charge is 0.127 e. The van der Waals surface area contributed by atoms with Gasteiger partial charge in [-0.15, -0.1) is 0 Å².